The zero-order valence-corrected chi connectivity index (χ0v) is 22.8. The average Bonchev–Trinajstić information content (AvgIpc) is 3.30. The fraction of sp³-hybridized carbons (Fsp3) is 0.194. The molecule has 0 fully saturated rings. The molecule has 8 nitrogen and oxygen atoms in total. The molecular formula is C31H26N2O6S. The second-order valence-electron chi connectivity index (χ2n) is 9.11. The maximum Gasteiger partial charge on any atom is 0.338 e. The van der Waals surface area contributed by atoms with Crippen LogP contribution in [0.5, 0.6) is 17.2 Å². The highest BCUT2D eigenvalue weighted by atomic mass is 32.1. The minimum absolute atomic E-state index is 0.184. The van der Waals surface area contributed by atoms with Crippen molar-refractivity contribution in [3.63, 3.8) is 0 Å². The summed E-state index contributed by atoms with van der Waals surface area (Å²) in [5, 5.41) is 0. The Morgan fingerprint density at radius 2 is 1.85 bits per heavy atom. The third-order valence-electron chi connectivity index (χ3n) is 6.65. The molecule has 0 aliphatic carbocycles. The van der Waals surface area contributed by atoms with Crippen molar-refractivity contribution in [2.45, 2.75) is 13.0 Å². The van der Waals surface area contributed by atoms with Crippen LogP contribution in [0.15, 0.2) is 88.2 Å². The summed E-state index contributed by atoms with van der Waals surface area (Å²) < 4.78 is 24.4. The first-order valence-electron chi connectivity index (χ1n) is 12.9. The average molecular weight is 555 g/mol. The molecule has 4 aromatic rings. The van der Waals surface area contributed by atoms with Crippen LogP contribution in [0, 0.1) is 0 Å². The number of hydrogen-bond acceptors (Lipinski definition) is 8. The molecule has 40 heavy (non-hydrogen) atoms. The quantitative estimate of drug-likeness (QED) is 0.338. The molecule has 1 atom stereocenters. The largest absolute Gasteiger partial charge is 0.497 e. The molecule has 2 aliphatic rings. The molecule has 0 saturated heterocycles. The molecule has 0 N–H and O–H groups in total. The fourth-order valence-corrected chi connectivity index (χ4v) is 5.87. The van der Waals surface area contributed by atoms with E-state index in [9.17, 15) is 9.59 Å². The van der Waals surface area contributed by atoms with Crippen molar-refractivity contribution in [2.75, 3.05) is 26.9 Å². The van der Waals surface area contributed by atoms with Crippen LogP contribution in [-0.4, -0.2) is 37.5 Å². The van der Waals surface area contributed by atoms with Gasteiger partial charge in [-0.25, -0.2) is 9.79 Å². The summed E-state index contributed by atoms with van der Waals surface area (Å²) in [6, 6.07) is 21.6. The van der Waals surface area contributed by atoms with Crippen LogP contribution in [-0.2, 0) is 9.53 Å². The molecule has 0 saturated carbocycles. The number of rotatable bonds is 6. The summed E-state index contributed by atoms with van der Waals surface area (Å²) in [7, 11) is 1.58. The van der Waals surface area contributed by atoms with Crippen molar-refractivity contribution in [2.24, 2.45) is 4.99 Å². The van der Waals surface area contributed by atoms with Crippen molar-refractivity contribution in [3.05, 3.63) is 115 Å². The van der Waals surface area contributed by atoms with Gasteiger partial charge < -0.3 is 18.9 Å². The van der Waals surface area contributed by atoms with Crippen molar-refractivity contribution in [1.29, 1.82) is 0 Å². The molecule has 0 amide bonds. The van der Waals surface area contributed by atoms with E-state index >= 15 is 0 Å². The number of nitrogens with zero attached hydrogens (tertiary/aromatic N) is 2. The third-order valence-corrected chi connectivity index (χ3v) is 7.63. The summed E-state index contributed by atoms with van der Waals surface area (Å²) in [5.74, 6) is 1.39. The van der Waals surface area contributed by atoms with Crippen LogP contribution in [0.1, 0.15) is 29.7 Å². The Kier molecular flexibility index (Phi) is 6.96. The normalized spacial score (nSPS) is 16.2. The van der Waals surface area contributed by atoms with Gasteiger partial charge in [-0.2, -0.15) is 0 Å². The van der Waals surface area contributed by atoms with Gasteiger partial charge in [-0.05, 0) is 48.4 Å². The number of methoxy groups -OCH3 is 1. The van der Waals surface area contributed by atoms with Gasteiger partial charge in [-0.1, -0.05) is 59.9 Å². The maximum absolute atomic E-state index is 14.0. The molecule has 9 heteroatoms. The SMILES string of the molecule is CCOC(=O)C1=C(c2ccccc2)N=c2s/c(=C\c3ccc4c(c3)OCCO4)c(=O)n2[C@H]1c1cccc(OC)c1. The van der Waals surface area contributed by atoms with E-state index in [0.717, 1.165) is 11.1 Å². The molecule has 6 rings (SSSR count). The van der Waals surface area contributed by atoms with Crippen molar-refractivity contribution in [3.8, 4) is 17.2 Å². The van der Waals surface area contributed by atoms with E-state index in [4.69, 9.17) is 23.9 Å². The number of hydrogen-bond donors (Lipinski definition) is 0. The summed E-state index contributed by atoms with van der Waals surface area (Å²) in [5.41, 5.74) is 2.75. The van der Waals surface area contributed by atoms with Crippen molar-refractivity contribution < 1.29 is 23.7 Å². The summed E-state index contributed by atoms with van der Waals surface area (Å²) in [6.07, 6.45) is 1.81. The Bertz CT molecular complexity index is 1810. The lowest BCUT2D eigenvalue weighted by Gasteiger charge is -2.26. The number of benzene rings is 3. The molecule has 3 aromatic carbocycles. The van der Waals surface area contributed by atoms with Crippen LogP contribution in [0.4, 0.5) is 0 Å². The van der Waals surface area contributed by atoms with E-state index in [2.05, 4.69) is 0 Å². The topological polar surface area (TPSA) is 88.4 Å². The minimum Gasteiger partial charge on any atom is -0.497 e. The number of fused-ring (bicyclic) bond motifs is 2. The predicted octanol–water partition coefficient (Wildman–Crippen LogP) is 3.72. The third kappa shape index (κ3) is 4.69. The van der Waals surface area contributed by atoms with Crippen molar-refractivity contribution >= 4 is 29.1 Å². The van der Waals surface area contributed by atoms with Crippen LogP contribution in [0.25, 0.3) is 11.8 Å². The molecular weight excluding hydrogens is 528 g/mol. The van der Waals surface area contributed by atoms with E-state index < -0.39 is 12.0 Å². The molecule has 0 bridgehead atoms. The van der Waals surface area contributed by atoms with Gasteiger partial charge in [0.25, 0.3) is 5.56 Å². The van der Waals surface area contributed by atoms with E-state index in [1.54, 1.807) is 24.7 Å². The number of aromatic nitrogens is 1. The lowest BCUT2D eigenvalue weighted by atomic mass is 9.93. The van der Waals surface area contributed by atoms with Gasteiger partial charge in [0.2, 0.25) is 0 Å². The second kappa shape index (κ2) is 10.9. The lowest BCUT2D eigenvalue weighted by Crippen LogP contribution is -2.40. The molecule has 202 valence electrons. The summed E-state index contributed by atoms with van der Waals surface area (Å²) in [4.78, 5) is 32.9. The lowest BCUT2D eigenvalue weighted by molar-refractivity contribution is -0.138. The second-order valence-corrected chi connectivity index (χ2v) is 10.1. The van der Waals surface area contributed by atoms with Gasteiger partial charge in [0.1, 0.15) is 19.0 Å². The maximum atomic E-state index is 14.0. The summed E-state index contributed by atoms with van der Waals surface area (Å²) >= 11 is 1.27. The number of thiazole rings is 1. The van der Waals surface area contributed by atoms with Gasteiger partial charge in [-0.15, -0.1) is 0 Å². The molecule has 1 aromatic heterocycles. The molecule has 2 aliphatic heterocycles. The number of esters is 1. The molecule has 0 unspecified atom stereocenters. The Labute approximate surface area is 234 Å². The Morgan fingerprint density at radius 1 is 1.05 bits per heavy atom. The Hall–Kier alpha value is -4.63. The Morgan fingerprint density at radius 3 is 2.62 bits per heavy atom. The van der Waals surface area contributed by atoms with Crippen LogP contribution in [0.2, 0.25) is 0 Å². The highest BCUT2D eigenvalue weighted by Gasteiger charge is 2.35. The van der Waals surface area contributed by atoms with Crippen LogP contribution in [0.3, 0.4) is 0 Å². The van der Waals surface area contributed by atoms with Gasteiger partial charge in [0.05, 0.1) is 35.6 Å². The van der Waals surface area contributed by atoms with Crippen LogP contribution < -0.4 is 29.1 Å². The highest BCUT2D eigenvalue weighted by molar-refractivity contribution is 7.07. The number of carbonyl (C=O) groups is 1. The first kappa shape index (κ1) is 25.6. The van der Waals surface area contributed by atoms with Gasteiger partial charge in [-0.3, -0.25) is 9.36 Å². The van der Waals surface area contributed by atoms with E-state index in [1.165, 1.54) is 11.3 Å². The number of ether oxygens (including phenoxy) is 4. The summed E-state index contributed by atoms with van der Waals surface area (Å²) in [6.45, 7) is 2.91. The molecule has 0 radical (unpaired) electrons. The highest BCUT2D eigenvalue weighted by Crippen LogP contribution is 2.36. The van der Waals surface area contributed by atoms with Gasteiger partial charge in [0.15, 0.2) is 16.3 Å². The van der Waals surface area contributed by atoms with E-state index in [1.807, 2.05) is 72.8 Å². The smallest absolute Gasteiger partial charge is 0.338 e. The standard InChI is InChI=1S/C31H26N2O6S/c1-3-37-30(35)26-27(20-8-5-4-6-9-20)32-31-33(28(26)21-10-7-11-22(18-21)36-2)29(34)25(40-31)17-19-12-13-23-24(16-19)39-15-14-38-23/h4-13,16-18,28H,3,14-15H2,1-2H3/b25-17-/t28-/m0/s1. The van der Waals surface area contributed by atoms with Gasteiger partial charge >= 0.3 is 5.97 Å². The first-order valence-corrected chi connectivity index (χ1v) is 13.7. The zero-order valence-electron chi connectivity index (χ0n) is 22.0. The Balaban J connectivity index is 1.61. The zero-order chi connectivity index (χ0) is 27.6. The fourth-order valence-electron chi connectivity index (χ4n) is 4.87. The van der Waals surface area contributed by atoms with E-state index in [-0.39, 0.29) is 12.2 Å². The minimum atomic E-state index is -0.775. The molecule has 3 heterocycles. The van der Waals surface area contributed by atoms with E-state index in [0.29, 0.717) is 56.6 Å². The van der Waals surface area contributed by atoms with Gasteiger partial charge in [0, 0.05) is 5.56 Å². The van der Waals surface area contributed by atoms with Crippen molar-refractivity contribution in [1.82, 2.24) is 4.57 Å². The first-order chi connectivity index (χ1) is 19.6. The van der Waals surface area contributed by atoms with Crippen LogP contribution >= 0.6 is 11.3 Å². The predicted molar refractivity (Wildman–Crippen MR) is 151 cm³/mol. The molecule has 0 spiro atoms. The number of carbonyl (C=O) groups excluding carboxylic acids is 1. The monoisotopic (exact) mass is 554 g/mol.